The number of amides is 1. The van der Waals surface area contributed by atoms with E-state index in [1.165, 1.54) is 13.2 Å². The Hall–Kier alpha value is -2.82. The van der Waals surface area contributed by atoms with E-state index >= 15 is 0 Å². The van der Waals surface area contributed by atoms with Gasteiger partial charge in [0.2, 0.25) is 0 Å². The van der Waals surface area contributed by atoms with Crippen LogP contribution in [0.1, 0.15) is 26.3 Å². The summed E-state index contributed by atoms with van der Waals surface area (Å²) in [5.74, 6) is -1.08. The van der Waals surface area contributed by atoms with Crippen LogP contribution in [0.25, 0.3) is 0 Å². The first-order valence-corrected chi connectivity index (χ1v) is 6.31. The van der Waals surface area contributed by atoms with E-state index in [9.17, 15) is 14.7 Å². The summed E-state index contributed by atoms with van der Waals surface area (Å²) in [7, 11) is 1.47. The van der Waals surface area contributed by atoms with Crippen LogP contribution in [0.4, 0.5) is 5.69 Å². The Kier molecular flexibility index (Phi) is 4.23. The molecule has 0 aliphatic rings. The van der Waals surface area contributed by atoms with E-state index in [0.717, 1.165) is 5.56 Å². The molecule has 2 N–H and O–H groups in total. The van der Waals surface area contributed by atoms with E-state index in [4.69, 9.17) is 4.74 Å². The first kappa shape index (κ1) is 14.6. The van der Waals surface area contributed by atoms with Gasteiger partial charge in [-0.05, 0) is 31.2 Å². The third-order valence-corrected chi connectivity index (χ3v) is 3.01. The van der Waals surface area contributed by atoms with Gasteiger partial charge in [0, 0.05) is 0 Å². The number of anilines is 1. The summed E-state index contributed by atoms with van der Waals surface area (Å²) in [6.45, 7) is 1.79. The largest absolute Gasteiger partial charge is 0.496 e. The molecule has 0 bridgehead atoms. The maximum atomic E-state index is 12.3. The van der Waals surface area contributed by atoms with Crippen LogP contribution in [0.2, 0.25) is 0 Å². The number of benzene rings is 2. The average molecular weight is 285 g/mol. The molecular weight excluding hydrogens is 270 g/mol. The van der Waals surface area contributed by atoms with Gasteiger partial charge < -0.3 is 15.2 Å². The molecule has 0 saturated heterocycles. The fourth-order valence-electron chi connectivity index (χ4n) is 1.97. The number of aryl methyl sites for hydroxylation is 1. The SMILES string of the molecule is COc1ccccc1C(=O)Nc1ccc(C)cc1C(=O)O. The van der Waals surface area contributed by atoms with Crippen LogP contribution >= 0.6 is 0 Å². The molecule has 0 heterocycles. The topological polar surface area (TPSA) is 75.6 Å². The summed E-state index contributed by atoms with van der Waals surface area (Å²) in [5, 5.41) is 11.8. The number of carbonyl (C=O) groups excluding carboxylic acids is 1. The van der Waals surface area contributed by atoms with Crippen molar-refractivity contribution >= 4 is 17.6 Å². The number of hydrogen-bond donors (Lipinski definition) is 2. The zero-order valence-corrected chi connectivity index (χ0v) is 11.7. The lowest BCUT2D eigenvalue weighted by molar-refractivity contribution is 0.0698. The molecule has 0 spiro atoms. The minimum Gasteiger partial charge on any atom is -0.496 e. The van der Waals surface area contributed by atoms with E-state index < -0.39 is 11.9 Å². The van der Waals surface area contributed by atoms with Crippen LogP contribution in [-0.2, 0) is 0 Å². The Morgan fingerprint density at radius 1 is 1.10 bits per heavy atom. The van der Waals surface area contributed by atoms with Gasteiger partial charge in [-0.1, -0.05) is 23.8 Å². The molecule has 0 saturated carbocycles. The molecule has 1 amide bonds. The van der Waals surface area contributed by atoms with Gasteiger partial charge in [0.15, 0.2) is 0 Å². The van der Waals surface area contributed by atoms with Crippen molar-refractivity contribution in [2.24, 2.45) is 0 Å². The van der Waals surface area contributed by atoms with Crippen molar-refractivity contribution in [1.29, 1.82) is 0 Å². The predicted molar refractivity (Wildman–Crippen MR) is 79.1 cm³/mol. The number of nitrogens with one attached hydrogen (secondary N) is 1. The standard InChI is InChI=1S/C16H15NO4/c1-10-7-8-13(12(9-10)16(19)20)17-15(18)11-5-3-4-6-14(11)21-2/h3-9H,1-2H3,(H,17,18)(H,19,20). The molecule has 2 aromatic carbocycles. The van der Waals surface area contributed by atoms with E-state index in [0.29, 0.717) is 11.3 Å². The quantitative estimate of drug-likeness (QED) is 0.905. The second kappa shape index (κ2) is 6.09. The second-order valence-electron chi connectivity index (χ2n) is 4.51. The highest BCUT2D eigenvalue weighted by Crippen LogP contribution is 2.22. The lowest BCUT2D eigenvalue weighted by Crippen LogP contribution is -2.15. The Morgan fingerprint density at radius 3 is 2.48 bits per heavy atom. The Balaban J connectivity index is 2.34. The third-order valence-electron chi connectivity index (χ3n) is 3.01. The molecule has 5 heteroatoms. The Labute approximate surface area is 122 Å². The van der Waals surface area contributed by atoms with E-state index in [1.807, 2.05) is 0 Å². The minimum atomic E-state index is -1.09. The van der Waals surface area contributed by atoms with Crippen LogP contribution in [0, 0.1) is 6.92 Å². The lowest BCUT2D eigenvalue weighted by atomic mass is 10.1. The number of rotatable bonds is 4. The van der Waals surface area contributed by atoms with Gasteiger partial charge in [-0.25, -0.2) is 4.79 Å². The highest BCUT2D eigenvalue weighted by molar-refractivity contribution is 6.09. The molecule has 21 heavy (non-hydrogen) atoms. The maximum Gasteiger partial charge on any atom is 0.337 e. The van der Waals surface area contributed by atoms with Crippen molar-refractivity contribution < 1.29 is 19.4 Å². The maximum absolute atomic E-state index is 12.3. The Bertz CT molecular complexity index is 694. The van der Waals surface area contributed by atoms with E-state index in [-0.39, 0.29) is 11.3 Å². The molecule has 0 aliphatic heterocycles. The molecule has 0 aromatic heterocycles. The second-order valence-corrected chi connectivity index (χ2v) is 4.51. The number of aromatic carboxylic acids is 1. The van der Waals surface area contributed by atoms with E-state index in [2.05, 4.69) is 5.32 Å². The lowest BCUT2D eigenvalue weighted by Gasteiger charge is -2.11. The molecule has 108 valence electrons. The van der Waals surface area contributed by atoms with Crippen molar-refractivity contribution in [3.63, 3.8) is 0 Å². The number of carbonyl (C=O) groups is 2. The smallest absolute Gasteiger partial charge is 0.337 e. The molecule has 5 nitrogen and oxygen atoms in total. The fraction of sp³-hybridized carbons (Fsp3) is 0.125. The summed E-state index contributed by atoms with van der Waals surface area (Å²) in [6, 6.07) is 11.6. The number of carboxylic acid groups (broad SMARTS) is 1. The van der Waals surface area contributed by atoms with Gasteiger partial charge in [-0.15, -0.1) is 0 Å². The van der Waals surface area contributed by atoms with Crippen molar-refractivity contribution in [2.45, 2.75) is 6.92 Å². The number of ether oxygens (including phenoxy) is 1. The highest BCUT2D eigenvalue weighted by Gasteiger charge is 2.16. The van der Waals surface area contributed by atoms with Crippen molar-refractivity contribution in [2.75, 3.05) is 12.4 Å². The fourth-order valence-corrected chi connectivity index (χ4v) is 1.97. The van der Waals surface area contributed by atoms with Gasteiger partial charge in [-0.3, -0.25) is 4.79 Å². The first-order chi connectivity index (χ1) is 10.0. The minimum absolute atomic E-state index is 0.0539. The van der Waals surface area contributed by atoms with Gasteiger partial charge in [0.25, 0.3) is 5.91 Å². The monoisotopic (exact) mass is 285 g/mol. The third kappa shape index (κ3) is 3.20. The molecular formula is C16H15NO4. The van der Waals surface area contributed by atoms with Gasteiger partial charge >= 0.3 is 5.97 Å². The highest BCUT2D eigenvalue weighted by atomic mass is 16.5. The molecule has 0 radical (unpaired) electrons. The molecule has 2 aromatic rings. The zero-order valence-electron chi connectivity index (χ0n) is 11.7. The summed E-state index contributed by atoms with van der Waals surface area (Å²) in [4.78, 5) is 23.5. The summed E-state index contributed by atoms with van der Waals surface area (Å²) in [5.41, 5.74) is 1.46. The number of hydrogen-bond acceptors (Lipinski definition) is 3. The van der Waals surface area contributed by atoms with Gasteiger partial charge in [-0.2, -0.15) is 0 Å². The van der Waals surface area contributed by atoms with Crippen LogP contribution < -0.4 is 10.1 Å². The molecule has 0 fully saturated rings. The molecule has 0 aliphatic carbocycles. The summed E-state index contributed by atoms with van der Waals surface area (Å²) in [6.07, 6.45) is 0. The molecule has 0 unspecified atom stereocenters. The number of carboxylic acids is 1. The summed E-state index contributed by atoms with van der Waals surface area (Å²) < 4.78 is 5.12. The predicted octanol–water partition coefficient (Wildman–Crippen LogP) is 2.95. The van der Waals surface area contributed by atoms with Gasteiger partial charge in [0.1, 0.15) is 5.75 Å². The van der Waals surface area contributed by atoms with E-state index in [1.54, 1.807) is 43.3 Å². The normalized spacial score (nSPS) is 10.0. The summed E-state index contributed by atoms with van der Waals surface area (Å²) >= 11 is 0. The van der Waals surface area contributed by atoms with Crippen LogP contribution in [0.3, 0.4) is 0 Å². The molecule has 0 atom stereocenters. The van der Waals surface area contributed by atoms with Crippen molar-refractivity contribution in [1.82, 2.24) is 0 Å². The number of para-hydroxylation sites is 1. The molecule has 2 rings (SSSR count). The average Bonchev–Trinajstić information content (AvgIpc) is 2.48. The number of methoxy groups -OCH3 is 1. The first-order valence-electron chi connectivity index (χ1n) is 6.31. The van der Waals surface area contributed by atoms with Crippen LogP contribution in [0.15, 0.2) is 42.5 Å². The Morgan fingerprint density at radius 2 is 1.81 bits per heavy atom. The van der Waals surface area contributed by atoms with Crippen molar-refractivity contribution in [3.05, 3.63) is 59.2 Å². The van der Waals surface area contributed by atoms with Crippen LogP contribution in [-0.4, -0.2) is 24.1 Å². The van der Waals surface area contributed by atoms with Crippen molar-refractivity contribution in [3.8, 4) is 5.75 Å². The zero-order chi connectivity index (χ0) is 15.4. The van der Waals surface area contributed by atoms with Crippen LogP contribution in [0.5, 0.6) is 5.75 Å². The van der Waals surface area contributed by atoms with Gasteiger partial charge in [0.05, 0.1) is 23.9 Å².